The van der Waals surface area contributed by atoms with Gasteiger partial charge in [0.05, 0.1) is 0 Å². The number of hydrogen-bond acceptors (Lipinski definition) is 2. The Balaban J connectivity index is 1.77. The van der Waals surface area contributed by atoms with Gasteiger partial charge in [0, 0.05) is 22.7 Å². The van der Waals surface area contributed by atoms with Crippen LogP contribution in [0.4, 0.5) is 5.69 Å². The van der Waals surface area contributed by atoms with E-state index in [1.54, 1.807) is 4.90 Å². The van der Waals surface area contributed by atoms with E-state index in [0.717, 1.165) is 28.6 Å². The van der Waals surface area contributed by atoms with Crippen molar-refractivity contribution in [3.05, 3.63) is 28.2 Å². The van der Waals surface area contributed by atoms with Gasteiger partial charge in [-0.1, -0.05) is 22.0 Å². The molecular weight excluding hydrogens is 320 g/mol. The first-order valence-corrected chi connectivity index (χ1v) is 7.73. The van der Waals surface area contributed by atoms with Crippen molar-refractivity contribution in [1.29, 1.82) is 0 Å². The van der Waals surface area contributed by atoms with Gasteiger partial charge in [-0.3, -0.25) is 9.59 Å². The van der Waals surface area contributed by atoms with Crippen LogP contribution in [-0.4, -0.2) is 24.4 Å². The van der Waals surface area contributed by atoms with Crippen LogP contribution in [0.15, 0.2) is 22.7 Å². The maximum absolute atomic E-state index is 12.5. The summed E-state index contributed by atoms with van der Waals surface area (Å²) in [5, 5.41) is 2.93. The summed E-state index contributed by atoms with van der Waals surface area (Å²) >= 11 is 3.43. The number of amides is 2. The first-order chi connectivity index (χ1) is 9.56. The third-order valence-corrected chi connectivity index (χ3v) is 4.40. The van der Waals surface area contributed by atoms with Crippen molar-refractivity contribution < 1.29 is 9.59 Å². The molecule has 2 aliphatic rings. The Bertz CT molecular complexity index is 569. The fraction of sp³-hybridized carbons (Fsp3) is 0.467. The van der Waals surface area contributed by atoms with E-state index in [2.05, 4.69) is 21.2 Å². The predicted octanol–water partition coefficient (Wildman–Crippen LogP) is 2.39. The van der Waals surface area contributed by atoms with Gasteiger partial charge in [-0.25, -0.2) is 0 Å². The van der Waals surface area contributed by atoms with Gasteiger partial charge in [-0.15, -0.1) is 0 Å². The minimum absolute atomic E-state index is 0.0793. The zero-order valence-corrected chi connectivity index (χ0v) is 12.9. The summed E-state index contributed by atoms with van der Waals surface area (Å²) in [5.74, 6) is -0.703. The van der Waals surface area contributed by atoms with E-state index >= 15 is 0 Å². The van der Waals surface area contributed by atoms with Gasteiger partial charge in [-0.05, 0) is 43.9 Å². The number of rotatable bonds is 3. The quantitative estimate of drug-likeness (QED) is 0.861. The number of halogens is 1. The number of carbonyl (C=O) groups excluding carboxylic acids is 2. The molecule has 1 aromatic rings. The van der Waals surface area contributed by atoms with E-state index < -0.39 is 5.92 Å². The monoisotopic (exact) mass is 336 g/mol. The number of benzene rings is 1. The molecule has 0 radical (unpaired) electrons. The molecule has 1 N–H and O–H groups in total. The maximum Gasteiger partial charge on any atom is 0.239 e. The lowest BCUT2D eigenvalue weighted by atomic mass is 10.1. The van der Waals surface area contributed by atoms with E-state index in [9.17, 15) is 9.59 Å². The molecule has 1 aliphatic carbocycles. The Labute approximate surface area is 126 Å². The summed E-state index contributed by atoms with van der Waals surface area (Å²) in [6.45, 7) is 2.59. The second-order valence-electron chi connectivity index (χ2n) is 5.54. The van der Waals surface area contributed by atoms with Gasteiger partial charge in [0.1, 0.15) is 5.92 Å². The van der Waals surface area contributed by atoms with Gasteiger partial charge in [0.2, 0.25) is 11.8 Å². The summed E-state index contributed by atoms with van der Waals surface area (Å²) < 4.78 is 0.941. The van der Waals surface area contributed by atoms with Crippen LogP contribution < -0.4 is 10.2 Å². The summed E-state index contributed by atoms with van der Waals surface area (Å²) in [6.07, 6.45) is 2.69. The minimum atomic E-state index is -0.519. The average molecular weight is 337 g/mol. The van der Waals surface area contributed by atoms with Crippen molar-refractivity contribution in [2.75, 3.05) is 11.4 Å². The molecule has 2 amide bonds. The van der Waals surface area contributed by atoms with Crippen molar-refractivity contribution in [2.24, 2.45) is 5.92 Å². The van der Waals surface area contributed by atoms with Crippen LogP contribution in [0, 0.1) is 12.8 Å². The Morgan fingerprint density at radius 3 is 2.80 bits per heavy atom. The molecular formula is C15H17BrN2O2. The number of carbonyl (C=O) groups is 2. The molecule has 3 rings (SSSR count). The number of hydrogen-bond donors (Lipinski definition) is 1. The normalized spacial score (nSPS) is 22.2. The fourth-order valence-electron chi connectivity index (χ4n) is 2.57. The minimum Gasteiger partial charge on any atom is -0.353 e. The number of nitrogens with one attached hydrogen (secondary N) is 1. The number of aryl methyl sites for hydroxylation is 1. The SMILES string of the molecule is Cc1ccc(Br)cc1N1CCC(C(=O)NC2CC2)C1=O. The zero-order chi connectivity index (χ0) is 14.3. The molecule has 0 spiro atoms. The van der Waals surface area contributed by atoms with Gasteiger partial charge >= 0.3 is 0 Å². The molecule has 4 nitrogen and oxygen atoms in total. The molecule has 1 heterocycles. The fourth-order valence-corrected chi connectivity index (χ4v) is 2.91. The van der Waals surface area contributed by atoms with Crippen LogP contribution in [0.3, 0.4) is 0 Å². The van der Waals surface area contributed by atoms with Crippen LogP contribution in [-0.2, 0) is 9.59 Å². The standard InChI is InChI=1S/C15H17BrN2O2/c1-9-2-3-10(16)8-13(9)18-7-6-12(15(18)20)14(19)17-11-4-5-11/h2-3,8,11-12H,4-7H2,1H3,(H,17,19). The molecule has 1 saturated carbocycles. The van der Waals surface area contributed by atoms with Crippen molar-refractivity contribution in [2.45, 2.75) is 32.2 Å². The van der Waals surface area contributed by atoms with E-state index in [1.807, 2.05) is 25.1 Å². The second kappa shape index (κ2) is 5.20. The Morgan fingerprint density at radius 1 is 1.35 bits per heavy atom. The highest BCUT2D eigenvalue weighted by Crippen LogP contribution is 2.31. The van der Waals surface area contributed by atoms with Crippen molar-refractivity contribution in [3.63, 3.8) is 0 Å². The van der Waals surface area contributed by atoms with Crippen LogP contribution in [0.25, 0.3) is 0 Å². The molecule has 106 valence electrons. The first-order valence-electron chi connectivity index (χ1n) is 6.94. The summed E-state index contributed by atoms with van der Waals surface area (Å²) in [4.78, 5) is 26.3. The molecule has 1 atom stereocenters. The lowest BCUT2D eigenvalue weighted by Gasteiger charge is -2.19. The van der Waals surface area contributed by atoms with Crippen molar-refractivity contribution in [1.82, 2.24) is 5.32 Å². The molecule has 1 aromatic carbocycles. The van der Waals surface area contributed by atoms with Crippen molar-refractivity contribution >= 4 is 33.4 Å². The summed E-state index contributed by atoms with van der Waals surface area (Å²) in [7, 11) is 0. The Kier molecular flexibility index (Phi) is 3.54. The molecule has 1 unspecified atom stereocenters. The summed E-state index contributed by atoms with van der Waals surface area (Å²) in [5.41, 5.74) is 1.94. The van der Waals surface area contributed by atoms with Crippen LogP contribution in [0.2, 0.25) is 0 Å². The van der Waals surface area contributed by atoms with E-state index in [0.29, 0.717) is 19.0 Å². The predicted molar refractivity (Wildman–Crippen MR) is 80.5 cm³/mol. The lowest BCUT2D eigenvalue weighted by Crippen LogP contribution is -2.37. The smallest absolute Gasteiger partial charge is 0.239 e. The second-order valence-corrected chi connectivity index (χ2v) is 6.46. The van der Waals surface area contributed by atoms with Crippen LogP contribution in [0.1, 0.15) is 24.8 Å². The van der Waals surface area contributed by atoms with Gasteiger partial charge < -0.3 is 10.2 Å². The third kappa shape index (κ3) is 2.59. The molecule has 1 aliphatic heterocycles. The number of nitrogens with zero attached hydrogens (tertiary/aromatic N) is 1. The average Bonchev–Trinajstić information content (AvgIpc) is 3.13. The molecule has 5 heteroatoms. The first kappa shape index (κ1) is 13.6. The van der Waals surface area contributed by atoms with E-state index in [1.165, 1.54) is 0 Å². The Morgan fingerprint density at radius 2 is 2.10 bits per heavy atom. The largest absolute Gasteiger partial charge is 0.353 e. The molecule has 1 saturated heterocycles. The van der Waals surface area contributed by atoms with Gasteiger partial charge in [-0.2, -0.15) is 0 Å². The third-order valence-electron chi connectivity index (χ3n) is 3.91. The Hall–Kier alpha value is -1.36. The maximum atomic E-state index is 12.5. The van der Waals surface area contributed by atoms with E-state index in [-0.39, 0.29) is 11.8 Å². The number of anilines is 1. The molecule has 0 aromatic heterocycles. The highest BCUT2D eigenvalue weighted by molar-refractivity contribution is 9.10. The summed E-state index contributed by atoms with van der Waals surface area (Å²) in [6, 6.07) is 6.17. The van der Waals surface area contributed by atoms with Gasteiger partial charge in [0.15, 0.2) is 0 Å². The van der Waals surface area contributed by atoms with Crippen molar-refractivity contribution in [3.8, 4) is 0 Å². The topological polar surface area (TPSA) is 49.4 Å². The van der Waals surface area contributed by atoms with Gasteiger partial charge in [0.25, 0.3) is 0 Å². The van der Waals surface area contributed by atoms with Crippen LogP contribution >= 0.6 is 15.9 Å². The van der Waals surface area contributed by atoms with Crippen LogP contribution in [0.5, 0.6) is 0 Å². The van der Waals surface area contributed by atoms with E-state index in [4.69, 9.17) is 0 Å². The highest BCUT2D eigenvalue weighted by atomic mass is 79.9. The zero-order valence-electron chi connectivity index (χ0n) is 11.4. The lowest BCUT2D eigenvalue weighted by molar-refractivity contribution is -0.132. The molecule has 20 heavy (non-hydrogen) atoms. The molecule has 2 fully saturated rings. The highest BCUT2D eigenvalue weighted by Gasteiger charge is 2.39. The molecule has 0 bridgehead atoms.